The third-order valence-electron chi connectivity index (χ3n) is 2.81. The predicted octanol–water partition coefficient (Wildman–Crippen LogP) is 5.71. The van der Waals surface area contributed by atoms with Gasteiger partial charge in [-0.05, 0) is 37.0 Å². The molecule has 0 unspecified atom stereocenters. The van der Waals surface area contributed by atoms with E-state index in [1.165, 1.54) is 24.0 Å². The molecule has 122 valence electrons. The van der Waals surface area contributed by atoms with Crippen molar-refractivity contribution in [2.45, 2.75) is 67.3 Å². The minimum absolute atomic E-state index is 0.825. The van der Waals surface area contributed by atoms with E-state index in [0.717, 1.165) is 24.4 Å². The Balaban J connectivity index is 0. The lowest BCUT2D eigenvalue weighted by Gasteiger charge is -2.14. The molecule has 0 spiro atoms. The van der Waals surface area contributed by atoms with Crippen LogP contribution in [0.1, 0.15) is 65.5 Å². The molecule has 0 amide bonds. The maximum absolute atomic E-state index is 5.44. The summed E-state index contributed by atoms with van der Waals surface area (Å²) in [4.78, 5) is 0. The molecule has 0 atom stereocenters. The van der Waals surface area contributed by atoms with Crippen LogP contribution in [0.2, 0.25) is 0 Å². The van der Waals surface area contributed by atoms with Crippen LogP contribution in [-0.4, -0.2) is 7.11 Å². The molecule has 0 aliphatic heterocycles. The van der Waals surface area contributed by atoms with Crippen LogP contribution < -0.4 is 10.1 Å². The number of allylic oxidation sites excluding steroid dienone is 1. The zero-order chi connectivity index (χ0) is 16.7. The Morgan fingerprint density at radius 3 is 2.29 bits per heavy atom. The van der Waals surface area contributed by atoms with Crippen LogP contribution in [0.4, 0.5) is 0 Å². The number of hydrogen-bond acceptors (Lipinski definition) is 2. The molecular weight excluding hydrogens is 258 g/mol. The van der Waals surface area contributed by atoms with Gasteiger partial charge in [-0.15, -0.1) is 0 Å². The molecule has 1 rings (SSSR count). The Morgan fingerprint density at radius 2 is 1.81 bits per heavy atom. The molecule has 0 saturated heterocycles. The predicted molar refractivity (Wildman–Crippen MR) is 96.0 cm³/mol. The number of unbranched alkanes of at least 4 members (excludes halogenated alkanes) is 1. The second kappa shape index (κ2) is 15.0. The van der Waals surface area contributed by atoms with Gasteiger partial charge in [0.25, 0.3) is 0 Å². The quantitative estimate of drug-likeness (QED) is 0.695. The lowest BCUT2D eigenvalue weighted by molar-refractivity contribution is 0.408. The maximum Gasteiger partial charge on any atom is 0.122 e. The van der Waals surface area contributed by atoms with E-state index < -0.39 is 0 Å². The molecule has 2 nitrogen and oxygen atoms in total. The van der Waals surface area contributed by atoms with Crippen LogP contribution >= 0.6 is 0 Å². The molecule has 0 heterocycles. The summed E-state index contributed by atoms with van der Waals surface area (Å²) in [5.41, 5.74) is 3.63. The molecule has 0 radical (unpaired) electrons. The van der Waals surface area contributed by atoms with Crippen molar-refractivity contribution in [2.75, 3.05) is 7.11 Å². The van der Waals surface area contributed by atoms with E-state index in [4.69, 9.17) is 4.74 Å². The summed E-state index contributed by atoms with van der Waals surface area (Å²) in [5, 5.41) is 3.28. The zero-order valence-electron chi connectivity index (χ0n) is 15.2. The zero-order valence-corrected chi connectivity index (χ0v) is 15.2. The van der Waals surface area contributed by atoms with Crippen molar-refractivity contribution in [2.24, 2.45) is 0 Å². The first-order chi connectivity index (χ1) is 10.2. The van der Waals surface area contributed by atoms with Crippen LogP contribution in [0.15, 0.2) is 30.5 Å². The molecule has 1 aromatic rings. The van der Waals surface area contributed by atoms with Gasteiger partial charge in [0.15, 0.2) is 0 Å². The van der Waals surface area contributed by atoms with Gasteiger partial charge in [0.1, 0.15) is 5.75 Å². The topological polar surface area (TPSA) is 21.3 Å². The van der Waals surface area contributed by atoms with E-state index >= 15 is 0 Å². The highest BCUT2D eigenvalue weighted by atomic mass is 16.5. The minimum atomic E-state index is 0.825. The normalized spacial score (nSPS) is 8.71. The molecule has 21 heavy (non-hydrogen) atoms. The summed E-state index contributed by atoms with van der Waals surface area (Å²) >= 11 is 0. The van der Waals surface area contributed by atoms with Crippen LogP contribution in [0.5, 0.6) is 5.75 Å². The molecule has 1 N–H and O–H groups in total. The molecular formula is C19H35NO. The van der Waals surface area contributed by atoms with E-state index in [2.05, 4.69) is 24.9 Å². The van der Waals surface area contributed by atoms with Gasteiger partial charge in [0.05, 0.1) is 7.11 Å². The van der Waals surface area contributed by atoms with Gasteiger partial charge in [-0.2, -0.15) is 0 Å². The van der Waals surface area contributed by atoms with Crippen LogP contribution in [0, 0.1) is 0 Å². The largest absolute Gasteiger partial charge is 0.496 e. The van der Waals surface area contributed by atoms with Crippen LogP contribution in [0.25, 0.3) is 0 Å². The molecule has 0 aromatic heterocycles. The minimum Gasteiger partial charge on any atom is -0.496 e. The molecule has 0 fully saturated rings. The first-order valence-electron chi connectivity index (χ1n) is 8.23. The standard InChI is InChI=1S/C15H23NO.2C2H6/c1-5-6-9-14-13(11-16-12(2)3)8-7-10-15(14)17-4;2*1-2/h7-8,10,16H,2,5-6,9,11H2,1,3-4H3;2*1-2H3. The third kappa shape index (κ3) is 9.17. The smallest absolute Gasteiger partial charge is 0.122 e. The van der Waals surface area contributed by atoms with E-state index in [1.807, 2.05) is 46.8 Å². The summed E-state index contributed by atoms with van der Waals surface area (Å²) in [6.07, 6.45) is 3.47. The van der Waals surface area contributed by atoms with Gasteiger partial charge in [0, 0.05) is 12.2 Å². The van der Waals surface area contributed by atoms with Crippen molar-refractivity contribution in [3.8, 4) is 5.75 Å². The molecule has 0 bridgehead atoms. The number of benzene rings is 1. The van der Waals surface area contributed by atoms with Gasteiger partial charge < -0.3 is 10.1 Å². The van der Waals surface area contributed by atoms with Crippen molar-refractivity contribution in [3.63, 3.8) is 0 Å². The van der Waals surface area contributed by atoms with E-state index in [1.54, 1.807) is 7.11 Å². The molecule has 0 aliphatic carbocycles. The molecule has 2 heteroatoms. The Hall–Kier alpha value is -1.44. The highest BCUT2D eigenvalue weighted by Gasteiger charge is 2.08. The number of nitrogens with one attached hydrogen (secondary N) is 1. The number of ether oxygens (including phenoxy) is 1. The number of methoxy groups -OCH3 is 1. The second-order valence-electron chi connectivity index (χ2n) is 4.34. The van der Waals surface area contributed by atoms with E-state index in [9.17, 15) is 0 Å². The molecule has 0 saturated carbocycles. The second-order valence-corrected chi connectivity index (χ2v) is 4.34. The Kier molecular flexibility index (Phi) is 15.6. The highest BCUT2D eigenvalue weighted by Crippen LogP contribution is 2.24. The van der Waals surface area contributed by atoms with Crippen molar-refractivity contribution in [3.05, 3.63) is 41.6 Å². The summed E-state index contributed by atoms with van der Waals surface area (Å²) in [6.45, 7) is 16.9. The van der Waals surface area contributed by atoms with Gasteiger partial charge in [-0.1, -0.05) is 59.8 Å². The lowest BCUT2D eigenvalue weighted by Crippen LogP contribution is -2.11. The van der Waals surface area contributed by atoms with Crippen molar-refractivity contribution in [1.29, 1.82) is 0 Å². The highest BCUT2D eigenvalue weighted by molar-refractivity contribution is 5.40. The average molecular weight is 293 g/mol. The van der Waals surface area contributed by atoms with Gasteiger partial charge in [0.2, 0.25) is 0 Å². The van der Waals surface area contributed by atoms with E-state index in [-0.39, 0.29) is 0 Å². The number of rotatable bonds is 7. The van der Waals surface area contributed by atoms with Crippen molar-refractivity contribution >= 4 is 0 Å². The van der Waals surface area contributed by atoms with Gasteiger partial charge in [-0.25, -0.2) is 0 Å². The Labute approximate surface area is 132 Å². The van der Waals surface area contributed by atoms with E-state index in [0.29, 0.717) is 0 Å². The monoisotopic (exact) mass is 293 g/mol. The first-order valence-corrected chi connectivity index (χ1v) is 8.23. The summed E-state index contributed by atoms with van der Waals surface area (Å²) in [6, 6.07) is 6.24. The SMILES string of the molecule is C=C(C)NCc1cccc(OC)c1CCCC.CC.CC. The fraction of sp³-hybridized carbons (Fsp3) is 0.579. The molecule has 0 aliphatic rings. The Bertz CT molecular complexity index is 372. The fourth-order valence-corrected chi connectivity index (χ4v) is 1.85. The summed E-state index contributed by atoms with van der Waals surface area (Å²) < 4.78 is 5.44. The fourth-order valence-electron chi connectivity index (χ4n) is 1.85. The van der Waals surface area contributed by atoms with Gasteiger partial charge >= 0.3 is 0 Å². The van der Waals surface area contributed by atoms with Crippen molar-refractivity contribution in [1.82, 2.24) is 5.32 Å². The maximum atomic E-state index is 5.44. The average Bonchev–Trinajstić information content (AvgIpc) is 2.54. The van der Waals surface area contributed by atoms with Gasteiger partial charge in [-0.3, -0.25) is 0 Å². The number of hydrogen-bond donors (Lipinski definition) is 1. The third-order valence-corrected chi connectivity index (χ3v) is 2.81. The van der Waals surface area contributed by atoms with Crippen LogP contribution in [-0.2, 0) is 13.0 Å². The summed E-state index contributed by atoms with van der Waals surface area (Å²) in [7, 11) is 1.74. The summed E-state index contributed by atoms with van der Waals surface area (Å²) in [5.74, 6) is 1.000. The first kappa shape index (κ1) is 21.9. The Morgan fingerprint density at radius 1 is 1.19 bits per heavy atom. The van der Waals surface area contributed by atoms with Crippen LogP contribution in [0.3, 0.4) is 0 Å². The lowest BCUT2D eigenvalue weighted by atomic mass is 10.0. The molecule has 1 aromatic carbocycles. The van der Waals surface area contributed by atoms with Crippen molar-refractivity contribution < 1.29 is 4.74 Å².